The Hall–Kier alpha value is -3.43. The van der Waals surface area contributed by atoms with Crippen LogP contribution in [0.3, 0.4) is 0 Å². The minimum Gasteiger partial charge on any atom is -0.467 e. The van der Waals surface area contributed by atoms with Crippen molar-refractivity contribution < 1.29 is 9.21 Å². The van der Waals surface area contributed by atoms with E-state index in [1.54, 1.807) is 18.7 Å². The van der Waals surface area contributed by atoms with Crippen LogP contribution in [0.4, 0.5) is 0 Å². The number of benzene rings is 1. The Morgan fingerprint density at radius 2 is 1.88 bits per heavy atom. The van der Waals surface area contributed by atoms with Gasteiger partial charge in [-0.2, -0.15) is 5.10 Å². The molecule has 1 aliphatic rings. The first-order valence-electron chi connectivity index (χ1n) is 10.7. The van der Waals surface area contributed by atoms with E-state index in [4.69, 9.17) is 21.1 Å². The van der Waals surface area contributed by atoms with Crippen LogP contribution < -0.4 is 0 Å². The van der Waals surface area contributed by atoms with E-state index in [1.165, 1.54) is 16.8 Å². The lowest BCUT2D eigenvalue weighted by molar-refractivity contribution is -0.132. The Labute approximate surface area is 205 Å². The molecule has 3 aromatic heterocycles. The molecule has 1 aliphatic heterocycles. The predicted octanol–water partition coefficient (Wildman–Crippen LogP) is 4.98. The fourth-order valence-corrected chi connectivity index (χ4v) is 4.78. The normalized spacial score (nSPS) is 16.5. The van der Waals surface area contributed by atoms with Crippen LogP contribution >= 0.6 is 23.4 Å². The molecule has 4 heterocycles. The highest BCUT2D eigenvalue weighted by Gasteiger charge is 2.37. The van der Waals surface area contributed by atoms with E-state index < -0.39 is 5.25 Å². The van der Waals surface area contributed by atoms with Crippen molar-refractivity contribution in [2.24, 2.45) is 12.1 Å². The summed E-state index contributed by atoms with van der Waals surface area (Å²) in [5.74, 6) is 1.27. The van der Waals surface area contributed by atoms with E-state index in [9.17, 15) is 4.79 Å². The van der Waals surface area contributed by atoms with Gasteiger partial charge in [-0.3, -0.25) is 9.78 Å². The van der Waals surface area contributed by atoms with Crippen molar-refractivity contribution in [3.8, 4) is 11.4 Å². The number of hydrogen-bond donors (Lipinski definition) is 0. The summed E-state index contributed by atoms with van der Waals surface area (Å²) in [6.07, 6.45) is 5.58. The van der Waals surface area contributed by atoms with E-state index in [-0.39, 0.29) is 11.9 Å². The van der Waals surface area contributed by atoms with Crippen LogP contribution in [0.5, 0.6) is 0 Å². The molecular weight excluding hydrogens is 472 g/mol. The molecule has 2 unspecified atom stereocenters. The highest BCUT2D eigenvalue weighted by atomic mass is 35.5. The minimum atomic E-state index is -0.445. The highest BCUT2D eigenvalue weighted by Crippen LogP contribution is 2.36. The average Bonchev–Trinajstić information content (AvgIpc) is 3.60. The molecule has 5 rings (SSSR count). The Bertz CT molecular complexity index is 1320. The number of halogens is 1. The molecule has 8 nitrogen and oxygen atoms in total. The molecule has 0 fully saturated rings. The molecule has 0 spiro atoms. The van der Waals surface area contributed by atoms with Crippen LogP contribution in [-0.4, -0.2) is 41.6 Å². The number of furan rings is 1. The van der Waals surface area contributed by atoms with Crippen molar-refractivity contribution in [2.75, 3.05) is 0 Å². The Morgan fingerprint density at radius 1 is 1.12 bits per heavy atom. The van der Waals surface area contributed by atoms with E-state index in [0.717, 1.165) is 16.8 Å². The van der Waals surface area contributed by atoms with Gasteiger partial charge >= 0.3 is 0 Å². The van der Waals surface area contributed by atoms with Crippen LogP contribution in [0, 0.1) is 0 Å². The van der Waals surface area contributed by atoms with Crippen molar-refractivity contribution in [3.05, 3.63) is 83.5 Å². The first kappa shape index (κ1) is 22.4. The number of amides is 1. The fraction of sp³-hybridized carbons (Fsp3) is 0.208. The van der Waals surface area contributed by atoms with Gasteiger partial charge < -0.3 is 8.98 Å². The summed E-state index contributed by atoms with van der Waals surface area (Å²) in [4.78, 5) is 17.6. The smallest absolute Gasteiger partial charge is 0.256 e. The largest absolute Gasteiger partial charge is 0.467 e. The third-order valence-electron chi connectivity index (χ3n) is 5.59. The van der Waals surface area contributed by atoms with Crippen molar-refractivity contribution >= 4 is 35.0 Å². The second-order valence-electron chi connectivity index (χ2n) is 7.83. The maximum absolute atomic E-state index is 13.5. The number of hydrogen-bond acceptors (Lipinski definition) is 7. The number of pyridine rings is 1. The van der Waals surface area contributed by atoms with Crippen molar-refractivity contribution in [1.82, 2.24) is 24.8 Å². The van der Waals surface area contributed by atoms with Crippen LogP contribution in [0.2, 0.25) is 5.02 Å². The summed E-state index contributed by atoms with van der Waals surface area (Å²) in [6.45, 7) is 1.85. The number of hydrazone groups is 1. The second kappa shape index (κ2) is 9.44. The van der Waals surface area contributed by atoms with E-state index >= 15 is 0 Å². The molecule has 0 aliphatic carbocycles. The van der Waals surface area contributed by atoms with Crippen molar-refractivity contribution in [1.29, 1.82) is 0 Å². The van der Waals surface area contributed by atoms with E-state index in [0.29, 0.717) is 28.2 Å². The summed E-state index contributed by atoms with van der Waals surface area (Å²) >= 11 is 7.39. The number of nitrogens with zero attached hydrogens (tertiary/aromatic N) is 6. The molecule has 0 saturated heterocycles. The van der Waals surface area contributed by atoms with Crippen LogP contribution in [0.15, 0.2) is 81.9 Å². The number of rotatable bonds is 6. The lowest BCUT2D eigenvalue weighted by atomic mass is 10.0. The third kappa shape index (κ3) is 4.36. The molecule has 0 radical (unpaired) electrons. The Balaban J connectivity index is 1.39. The topological polar surface area (TPSA) is 89.4 Å². The number of aromatic nitrogens is 4. The minimum absolute atomic E-state index is 0.135. The zero-order valence-corrected chi connectivity index (χ0v) is 20.1. The zero-order valence-electron chi connectivity index (χ0n) is 18.5. The molecular formula is C24H21ClN6O2S. The number of thioether (sulfide) groups is 1. The molecule has 0 N–H and O–H groups in total. The lowest BCUT2D eigenvalue weighted by Crippen LogP contribution is -2.33. The molecule has 34 heavy (non-hydrogen) atoms. The van der Waals surface area contributed by atoms with Crippen molar-refractivity contribution in [2.45, 2.75) is 29.8 Å². The van der Waals surface area contributed by atoms with Crippen LogP contribution in [0.25, 0.3) is 11.4 Å². The van der Waals surface area contributed by atoms with Crippen molar-refractivity contribution in [3.63, 3.8) is 0 Å². The van der Waals surface area contributed by atoms with Gasteiger partial charge in [0.2, 0.25) is 0 Å². The van der Waals surface area contributed by atoms with Crippen LogP contribution in [0.1, 0.15) is 30.7 Å². The maximum atomic E-state index is 13.5. The lowest BCUT2D eigenvalue weighted by Gasteiger charge is -2.22. The first-order valence-corrected chi connectivity index (χ1v) is 11.9. The summed E-state index contributed by atoms with van der Waals surface area (Å²) in [5.41, 5.74) is 2.64. The first-order chi connectivity index (χ1) is 16.5. The monoisotopic (exact) mass is 492 g/mol. The summed E-state index contributed by atoms with van der Waals surface area (Å²) < 4.78 is 7.52. The summed E-state index contributed by atoms with van der Waals surface area (Å²) in [7, 11) is 1.88. The van der Waals surface area contributed by atoms with E-state index in [2.05, 4.69) is 15.2 Å². The average molecular weight is 493 g/mol. The Morgan fingerprint density at radius 3 is 2.59 bits per heavy atom. The number of carbonyl (C=O) groups excluding carboxylic acids is 1. The summed E-state index contributed by atoms with van der Waals surface area (Å²) in [6, 6.07) is 14.6. The van der Waals surface area contributed by atoms with Gasteiger partial charge in [-0.1, -0.05) is 35.5 Å². The van der Waals surface area contributed by atoms with Gasteiger partial charge in [-0.15, -0.1) is 10.2 Å². The third-order valence-corrected chi connectivity index (χ3v) is 6.96. The molecule has 4 aromatic rings. The molecule has 0 bridgehead atoms. The molecule has 2 atom stereocenters. The molecule has 0 saturated carbocycles. The van der Waals surface area contributed by atoms with Gasteiger partial charge in [0, 0.05) is 36.4 Å². The quantitative estimate of drug-likeness (QED) is 0.352. The van der Waals surface area contributed by atoms with Gasteiger partial charge in [0.1, 0.15) is 11.8 Å². The molecule has 10 heteroatoms. The standard InChI is InChI=1S/C24H21ClN6O2S/c1-15(34-24-28-27-22(30(24)2)17-9-11-26-12-10-17)23(32)31-20(21-4-3-13-33-21)14-19(29-31)16-5-7-18(25)8-6-16/h3-13,15,20H,14H2,1-2H3. The predicted molar refractivity (Wildman–Crippen MR) is 130 cm³/mol. The SMILES string of the molecule is CC(Sc1nnc(-c2ccncc2)n1C)C(=O)N1N=C(c2ccc(Cl)cc2)CC1c1ccco1. The van der Waals surface area contributed by atoms with Gasteiger partial charge in [-0.05, 0) is 48.9 Å². The van der Waals surface area contributed by atoms with Crippen LogP contribution in [-0.2, 0) is 11.8 Å². The Kier molecular flexibility index (Phi) is 6.21. The second-order valence-corrected chi connectivity index (χ2v) is 9.58. The van der Waals surface area contributed by atoms with E-state index in [1.807, 2.05) is 67.1 Å². The number of carbonyl (C=O) groups is 1. The van der Waals surface area contributed by atoms with Gasteiger partial charge in [0.15, 0.2) is 11.0 Å². The highest BCUT2D eigenvalue weighted by molar-refractivity contribution is 8.00. The summed E-state index contributed by atoms with van der Waals surface area (Å²) in [5, 5.41) is 15.7. The maximum Gasteiger partial charge on any atom is 0.256 e. The van der Waals surface area contributed by atoms with Gasteiger partial charge in [0.05, 0.1) is 17.2 Å². The van der Waals surface area contributed by atoms with Gasteiger partial charge in [-0.25, -0.2) is 5.01 Å². The molecule has 1 aromatic carbocycles. The van der Waals surface area contributed by atoms with Gasteiger partial charge in [0.25, 0.3) is 5.91 Å². The zero-order chi connectivity index (χ0) is 23.7. The fourth-order valence-electron chi connectivity index (χ4n) is 3.80. The molecule has 172 valence electrons. The molecule has 1 amide bonds.